The van der Waals surface area contributed by atoms with Crippen LogP contribution in [0.15, 0.2) is 26.2 Å². The quantitative estimate of drug-likeness (QED) is 0.552. The highest BCUT2D eigenvalue weighted by molar-refractivity contribution is 6.50. The average molecular weight is 201 g/mol. The molecule has 0 aromatic heterocycles. The van der Waals surface area contributed by atoms with Crippen molar-refractivity contribution >= 4 is 29.8 Å². The van der Waals surface area contributed by atoms with Gasteiger partial charge in [0.15, 0.2) is 11.6 Å². The zero-order valence-electron chi connectivity index (χ0n) is 7.80. The van der Waals surface area contributed by atoms with Gasteiger partial charge in [0, 0.05) is 18.2 Å². The van der Waals surface area contributed by atoms with Gasteiger partial charge >= 0.3 is 0 Å². The van der Waals surface area contributed by atoms with Crippen LogP contribution >= 0.6 is 0 Å². The minimum absolute atomic E-state index is 0.00509. The van der Waals surface area contributed by atoms with Crippen molar-refractivity contribution in [2.24, 2.45) is 20.9 Å². The molecule has 1 aliphatic carbocycles. The highest BCUT2D eigenvalue weighted by Crippen LogP contribution is 2.30. The second-order valence-electron chi connectivity index (χ2n) is 3.64. The Kier molecular flexibility index (Phi) is 1.56. The third kappa shape index (κ3) is 1.06. The molecular weight excluding hydrogens is 194 g/mol. The number of aliphatic imine (C=N–C) groups is 3. The second kappa shape index (κ2) is 2.79. The monoisotopic (exact) mass is 201 g/mol. The molecule has 0 spiro atoms. The number of nitrogens with zero attached hydrogens (tertiary/aromatic N) is 3. The molecule has 0 aromatic carbocycles. The first-order valence-corrected chi connectivity index (χ1v) is 4.68. The summed E-state index contributed by atoms with van der Waals surface area (Å²) >= 11 is 0. The predicted molar refractivity (Wildman–Crippen MR) is 54.4 cm³/mol. The van der Waals surface area contributed by atoms with E-state index < -0.39 is 0 Å². The molecule has 3 rings (SSSR count). The SMILES string of the molecule is O=C1CC2C(=O)CN=CC2=C2N=CN=C12. The molecule has 0 fully saturated rings. The smallest absolute Gasteiger partial charge is 0.184 e. The Morgan fingerprint density at radius 1 is 1.33 bits per heavy atom. The lowest BCUT2D eigenvalue weighted by Crippen LogP contribution is -2.35. The van der Waals surface area contributed by atoms with Crippen LogP contribution in [-0.2, 0) is 9.59 Å². The summed E-state index contributed by atoms with van der Waals surface area (Å²) in [6.45, 7) is 0.172. The van der Waals surface area contributed by atoms with Gasteiger partial charge in [0.1, 0.15) is 12.1 Å². The molecule has 0 amide bonds. The maximum Gasteiger partial charge on any atom is 0.184 e. The first kappa shape index (κ1) is 8.40. The van der Waals surface area contributed by atoms with Crippen LogP contribution in [0.5, 0.6) is 0 Å². The van der Waals surface area contributed by atoms with Crippen LogP contribution < -0.4 is 0 Å². The van der Waals surface area contributed by atoms with Crippen molar-refractivity contribution in [2.75, 3.05) is 6.54 Å². The first-order valence-electron chi connectivity index (χ1n) is 4.68. The molecule has 15 heavy (non-hydrogen) atoms. The third-order valence-electron chi connectivity index (χ3n) is 2.77. The van der Waals surface area contributed by atoms with Crippen molar-refractivity contribution in [1.82, 2.24) is 0 Å². The number of hydrogen-bond acceptors (Lipinski definition) is 5. The summed E-state index contributed by atoms with van der Waals surface area (Å²) in [5.74, 6) is -0.450. The summed E-state index contributed by atoms with van der Waals surface area (Å²) in [6, 6.07) is 0. The Morgan fingerprint density at radius 3 is 3.07 bits per heavy atom. The van der Waals surface area contributed by atoms with Crippen LogP contribution in [-0.4, -0.2) is 36.4 Å². The van der Waals surface area contributed by atoms with Gasteiger partial charge < -0.3 is 0 Å². The lowest BCUT2D eigenvalue weighted by Gasteiger charge is -2.24. The Balaban J connectivity index is 2.22. The van der Waals surface area contributed by atoms with E-state index >= 15 is 0 Å². The number of carbonyl (C=O) groups excluding carboxylic acids is 2. The van der Waals surface area contributed by atoms with E-state index in [0.29, 0.717) is 11.4 Å². The molecule has 5 nitrogen and oxygen atoms in total. The van der Waals surface area contributed by atoms with Gasteiger partial charge in [0.05, 0.1) is 18.2 Å². The van der Waals surface area contributed by atoms with Crippen molar-refractivity contribution < 1.29 is 9.59 Å². The van der Waals surface area contributed by atoms with Crippen molar-refractivity contribution in [3.63, 3.8) is 0 Å². The van der Waals surface area contributed by atoms with Crippen LogP contribution in [0.4, 0.5) is 0 Å². The number of carbonyl (C=O) groups is 2. The van der Waals surface area contributed by atoms with Gasteiger partial charge in [-0.05, 0) is 0 Å². The summed E-state index contributed by atoms with van der Waals surface area (Å²) in [5.41, 5.74) is 1.66. The molecular formula is C10H7N3O2. The van der Waals surface area contributed by atoms with E-state index in [1.807, 2.05) is 0 Å². The molecule has 0 saturated heterocycles. The molecule has 1 unspecified atom stereocenters. The molecule has 0 aromatic rings. The Morgan fingerprint density at radius 2 is 2.20 bits per heavy atom. The number of ketones is 2. The Hall–Kier alpha value is -1.91. The summed E-state index contributed by atoms with van der Waals surface area (Å²) in [7, 11) is 0. The zero-order valence-corrected chi connectivity index (χ0v) is 7.80. The highest BCUT2D eigenvalue weighted by Gasteiger charge is 2.38. The summed E-state index contributed by atoms with van der Waals surface area (Å²) in [4.78, 5) is 35.1. The molecule has 2 aliphatic heterocycles. The number of fused-ring (bicyclic) bond motifs is 2. The van der Waals surface area contributed by atoms with Gasteiger partial charge in [-0.1, -0.05) is 0 Å². The lowest BCUT2D eigenvalue weighted by molar-refractivity contribution is -0.124. The van der Waals surface area contributed by atoms with E-state index in [4.69, 9.17) is 0 Å². The van der Waals surface area contributed by atoms with E-state index in [1.54, 1.807) is 6.21 Å². The van der Waals surface area contributed by atoms with Crippen molar-refractivity contribution in [2.45, 2.75) is 6.42 Å². The molecule has 2 heterocycles. The molecule has 0 bridgehead atoms. The fraction of sp³-hybridized carbons (Fsp3) is 0.300. The van der Waals surface area contributed by atoms with E-state index in [-0.39, 0.29) is 30.4 Å². The van der Waals surface area contributed by atoms with Crippen molar-refractivity contribution in [1.29, 1.82) is 0 Å². The Labute approximate surface area is 85.3 Å². The van der Waals surface area contributed by atoms with E-state index in [1.165, 1.54) is 6.34 Å². The number of rotatable bonds is 0. The van der Waals surface area contributed by atoms with E-state index in [9.17, 15) is 9.59 Å². The number of hydrogen-bond donors (Lipinski definition) is 0. The number of allylic oxidation sites excluding steroid dienone is 2. The summed E-state index contributed by atoms with van der Waals surface area (Å²) in [6.07, 6.45) is 3.21. The molecule has 0 radical (unpaired) electrons. The fourth-order valence-corrected chi connectivity index (χ4v) is 2.02. The van der Waals surface area contributed by atoms with Gasteiger partial charge in [0.2, 0.25) is 0 Å². The van der Waals surface area contributed by atoms with Crippen LogP contribution in [0.1, 0.15) is 6.42 Å². The van der Waals surface area contributed by atoms with Crippen LogP contribution in [0.2, 0.25) is 0 Å². The van der Waals surface area contributed by atoms with Gasteiger partial charge in [0.25, 0.3) is 0 Å². The van der Waals surface area contributed by atoms with Crippen LogP contribution in [0, 0.1) is 5.92 Å². The summed E-state index contributed by atoms with van der Waals surface area (Å²) < 4.78 is 0. The predicted octanol–water partition coefficient (Wildman–Crippen LogP) is -0.0341. The standard InChI is InChI=1S/C10H7N3O2/c14-7-1-5-6(2-11-3-8(5)15)9-10(7)13-4-12-9/h2,4-5H,1,3H2. The van der Waals surface area contributed by atoms with Crippen molar-refractivity contribution in [3.8, 4) is 0 Å². The van der Waals surface area contributed by atoms with Crippen LogP contribution in [0.25, 0.3) is 0 Å². The van der Waals surface area contributed by atoms with E-state index in [2.05, 4.69) is 15.0 Å². The maximum absolute atomic E-state index is 11.6. The minimum Gasteiger partial charge on any atom is -0.297 e. The Bertz CT molecular complexity index is 497. The van der Waals surface area contributed by atoms with Gasteiger partial charge in [-0.2, -0.15) is 0 Å². The molecule has 5 heteroatoms. The van der Waals surface area contributed by atoms with Crippen molar-refractivity contribution in [3.05, 3.63) is 11.3 Å². The molecule has 0 saturated carbocycles. The second-order valence-corrected chi connectivity index (χ2v) is 3.64. The lowest BCUT2D eigenvalue weighted by atomic mass is 9.80. The highest BCUT2D eigenvalue weighted by atomic mass is 16.1. The molecule has 0 N–H and O–H groups in total. The minimum atomic E-state index is -0.348. The van der Waals surface area contributed by atoms with Gasteiger partial charge in [-0.15, -0.1) is 0 Å². The average Bonchev–Trinajstić information content (AvgIpc) is 2.69. The maximum atomic E-state index is 11.6. The third-order valence-corrected chi connectivity index (χ3v) is 2.77. The van der Waals surface area contributed by atoms with Gasteiger partial charge in [-0.25, -0.2) is 9.98 Å². The van der Waals surface area contributed by atoms with E-state index in [0.717, 1.165) is 5.57 Å². The topological polar surface area (TPSA) is 71.2 Å². The zero-order chi connectivity index (χ0) is 10.4. The molecule has 1 atom stereocenters. The fourth-order valence-electron chi connectivity index (χ4n) is 2.02. The van der Waals surface area contributed by atoms with Crippen LogP contribution in [0.3, 0.4) is 0 Å². The largest absolute Gasteiger partial charge is 0.297 e. The first-order chi connectivity index (χ1) is 7.27. The normalized spacial score (nSPS) is 28.0. The van der Waals surface area contributed by atoms with Gasteiger partial charge in [-0.3, -0.25) is 14.6 Å². The summed E-state index contributed by atoms with van der Waals surface area (Å²) in [5, 5.41) is 0. The number of Topliss-reactive ketones (excluding diaryl/α,β-unsaturated/α-hetero) is 2. The molecule has 74 valence electrons. The molecule has 3 aliphatic rings.